The van der Waals surface area contributed by atoms with E-state index in [2.05, 4.69) is 10.6 Å². The average Bonchev–Trinajstić information content (AvgIpc) is 2.94. The van der Waals surface area contributed by atoms with E-state index >= 15 is 0 Å². The molecular formula is C15H19FN2O3. The van der Waals surface area contributed by atoms with Gasteiger partial charge in [0.15, 0.2) is 0 Å². The number of rotatable bonds is 5. The number of carboxylic acids is 1. The summed E-state index contributed by atoms with van der Waals surface area (Å²) in [7, 11) is 0. The average molecular weight is 294 g/mol. The summed E-state index contributed by atoms with van der Waals surface area (Å²) in [6, 6.07) is 3.07. The van der Waals surface area contributed by atoms with Gasteiger partial charge < -0.3 is 15.7 Å². The van der Waals surface area contributed by atoms with Gasteiger partial charge in [-0.15, -0.1) is 0 Å². The molecule has 0 unspecified atom stereocenters. The zero-order chi connectivity index (χ0) is 15.2. The highest BCUT2D eigenvalue weighted by Crippen LogP contribution is 2.27. The number of hydrogen-bond acceptors (Lipinski definition) is 2. The number of halogens is 1. The first-order valence-electron chi connectivity index (χ1n) is 7.14. The largest absolute Gasteiger partial charge is 0.478 e. The van der Waals surface area contributed by atoms with E-state index in [0.29, 0.717) is 12.5 Å². The SMILES string of the molecule is O=C(NCCC1CCCC1)Nc1c(F)cccc1C(=O)O. The van der Waals surface area contributed by atoms with Crippen LogP contribution in [0.15, 0.2) is 18.2 Å². The summed E-state index contributed by atoms with van der Waals surface area (Å²) in [5.41, 5.74) is -0.565. The minimum absolute atomic E-state index is 0.263. The number of hydrogen-bond donors (Lipinski definition) is 3. The summed E-state index contributed by atoms with van der Waals surface area (Å²) >= 11 is 0. The van der Waals surface area contributed by atoms with Crippen molar-refractivity contribution < 1.29 is 19.1 Å². The lowest BCUT2D eigenvalue weighted by atomic mass is 10.0. The Kier molecular flexibility index (Phi) is 5.14. The molecule has 0 radical (unpaired) electrons. The van der Waals surface area contributed by atoms with Crippen molar-refractivity contribution in [3.8, 4) is 0 Å². The molecule has 0 bridgehead atoms. The highest BCUT2D eigenvalue weighted by Gasteiger charge is 2.17. The summed E-state index contributed by atoms with van der Waals surface area (Å²) in [5.74, 6) is -1.40. The van der Waals surface area contributed by atoms with Crippen LogP contribution in [-0.2, 0) is 0 Å². The number of urea groups is 1. The van der Waals surface area contributed by atoms with Crippen LogP contribution in [0.2, 0.25) is 0 Å². The van der Waals surface area contributed by atoms with Crippen molar-refractivity contribution in [1.29, 1.82) is 0 Å². The van der Waals surface area contributed by atoms with Crippen LogP contribution in [0.1, 0.15) is 42.5 Å². The fourth-order valence-electron chi connectivity index (χ4n) is 2.68. The van der Waals surface area contributed by atoms with Gasteiger partial charge >= 0.3 is 12.0 Å². The number of carbonyl (C=O) groups excluding carboxylic acids is 1. The number of amides is 2. The maximum atomic E-state index is 13.6. The molecule has 0 saturated heterocycles. The third kappa shape index (κ3) is 4.18. The molecule has 0 heterocycles. The molecule has 1 aromatic rings. The van der Waals surface area contributed by atoms with E-state index in [1.54, 1.807) is 0 Å². The Morgan fingerprint density at radius 1 is 1.29 bits per heavy atom. The summed E-state index contributed by atoms with van der Waals surface area (Å²) in [4.78, 5) is 22.7. The lowest BCUT2D eigenvalue weighted by Gasteiger charge is -2.12. The molecule has 0 aliphatic heterocycles. The van der Waals surface area contributed by atoms with Crippen LogP contribution in [0.5, 0.6) is 0 Å². The van der Waals surface area contributed by atoms with Gasteiger partial charge in [0.2, 0.25) is 0 Å². The minimum Gasteiger partial charge on any atom is -0.478 e. The third-order valence-electron chi connectivity index (χ3n) is 3.80. The molecule has 1 aliphatic rings. The maximum Gasteiger partial charge on any atom is 0.337 e. The molecule has 0 aromatic heterocycles. The molecule has 0 atom stereocenters. The molecule has 21 heavy (non-hydrogen) atoms. The van der Waals surface area contributed by atoms with Gasteiger partial charge in [0, 0.05) is 6.54 Å². The second-order valence-electron chi connectivity index (χ2n) is 5.29. The highest BCUT2D eigenvalue weighted by atomic mass is 19.1. The molecule has 1 aromatic carbocycles. The van der Waals surface area contributed by atoms with E-state index < -0.39 is 17.8 Å². The van der Waals surface area contributed by atoms with E-state index in [-0.39, 0.29) is 11.3 Å². The first-order chi connectivity index (χ1) is 10.1. The predicted octanol–water partition coefficient (Wildman–Crippen LogP) is 3.23. The van der Waals surface area contributed by atoms with Crippen molar-refractivity contribution in [2.75, 3.05) is 11.9 Å². The second kappa shape index (κ2) is 7.06. The van der Waals surface area contributed by atoms with E-state index in [9.17, 15) is 14.0 Å². The molecule has 3 N–H and O–H groups in total. The van der Waals surface area contributed by atoms with Gasteiger partial charge in [-0.25, -0.2) is 14.0 Å². The standard InChI is InChI=1S/C15H19FN2O3/c16-12-7-3-6-11(14(19)20)13(12)18-15(21)17-9-8-10-4-1-2-5-10/h3,6-7,10H,1-2,4-5,8-9H2,(H,19,20)(H2,17,18,21). The summed E-state index contributed by atoms with van der Waals surface area (Å²) in [6.07, 6.45) is 5.78. The Labute approximate surface area is 122 Å². The third-order valence-corrected chi connectivity index (χ3v) is 3.80. The zero-order valence-corrected chi connectivity index (χ0v) is 11.7. The van der Waals surface area contributed by atoms with Crippen LogP contribution in [0.25, 0.3) is 0 Å². The molecule has 5 nitrogen and oxygen atoms in total. The smallest absolute Gasteiger partial charge is 0.337 e. The highest BCUT2D eigenvalue weighted by molar-refractivity contribution is 6.00. The molecular weight excluding hydrogens is 275 g/mol. The molecule has 0 spiro atoms. The first kappa shape index (κ1) is 15.3. The first-order valence-corrected chi connectivity index (χ1v) is 7.14. The van der Waals surface area contributed by atoms with Crippen LogP contribution in [-0.4, -0.2) is 23.7 Å². The Morgan fingerprint density at radius 2 is 2.00 bits per heavy atom. The van der Waals surface area contributed by atoms with Crippen LogP contribution in [0.3, 0.4) is 0 Å². The topological polar surface area (TPSA) is 78.4 Å². The quantitative estimate of drug-likeness (QED) is 0.780. The van der Waals surface area contributed by atoms with Gasteiger partial charge in [-0.3, -0.25) is 0 Å². The van der Waals surface area contributed by atoms with E-state index in [4.69, 9.17) is 5.11 Å². The molecule has 114 valence electrons. The fourth-order valence-corrected chi connectivity index (χ4v) is 2.68. The number of nitrogens with one attached hydrogen (secondary N) is 2. The van der Waals surface area contributed by atoms with E-state index in [1.807, 2.05) is 0 Å². The zero-order valence-electron chi connectivity index (χ0n) is 11.7. The monoisotopic (exact) mass is 294 g/mol. The Balaban J connectivity index is 1.88. The lowest BCUT2D eigenvalue weighted by Crippen LogP contribution is -2.31. The number of para-hydroxylation sites is 1. The number of benzene rings is 1. The van der Waals surface area contributed by atoms with Crippen LogP contribution in [0, 0.1) is 11.7 Å². The van der Waals surface area contributed by atoms with Gasteiger partial charge in [0.1, 0.15) is 5.82 Å². The van der Waals surface area contributed by atoms with Crippen LogP contribution >= 0.6 is 0 Å². The summed E-state index contributed by atoms with van der Waals surface area (Å²) in [6.45, 7) is 0.507. The number of carbonyl (C=O) groups is 2. The van der Waals surface area contributed by atoms with Crippen molar-refractivity contribution in [3.63, 3.8) is 0 Å². The van der Waals surface area contributed by atoms with Crippen molar-refractivity contribution in [2.24, 2.45) is 5.92 Å². The number of carboxylic acid groups (broad SMARTS) is 1. The van der Waals surface area contributed by atoms with E-state index in [1.165, 1.54) is 37.8 Å². The number of aromatic carboxylic acids is 1. The second-order valence-corrected chi connectivity index (χ2v) is 5.29. The Hall–Kier alpha value is -2.11. The van der Waals surface area contributed by atoms with Crippen molar-refractivity contribution in [3.05, 3.63) is 29.6 Å². The lowest BCUT2D eigenvalue weighted by molar-refractivity contribution is 0.0697. The molecule has 1 saturated carbocycles. The van der Waals surface area contributed by atoms with Crippen LogP contribution in [0.4, 0.5) is 14.9 Å². The molecule has 2 amide bonds. The Bertz CT molecular complexity index is 528. The van der Waals surface area contributed by atoms with Gasteiger partial charge in [-0.2, -0.15) is 0 Å². The van der Waals surface area contributed by atoms with Crippen molar-refractivity contribution in [2.45, 2.75) is 32.1 Å². The van der Waals surface area contributed by atoms with Gasteiger partial charge in [0.05, 0.1) is 11.3 Å². The van der Waals surface area contributed by atoms with E-state index in [0.717, 1.165) is 12.5 Å². The van der Waals surface area contributed by atoms with Crippen molar-refractivity contribution in [1.82, 2.24) is 5.32 Å². The normalized spacial score (nSPS) is 14.9. The fraction of sp³-hybridized carbons (Fsp3) is 0.467. The predicted molar refractivity (Wildman–Crippen MR) is 77.0 cm³/mol. The molecule has 6 heteroatoms. The van der Waals surface area contributed by atoms with Crippen molar-refractivity contribution >= 4 is 17.7 Å². The summed E-state index contributed by atoms with van der Waals surface area (Å²) < 4.78 is 13.6. The molecule has 1 fully saturated rings. The molecule has 2 rings (SSSR count). The summed E-state index contributed by atoms with van der Waals surface area (Å²) in [5, 5.41) is 13.9. The molecule has 1 aliphatic carbocycles. The number of anilines is 1. The van der Waals surface area contributed by atoms with Gasteiger partial charge in [0.25, 0.3) is 0 Å². The minimum atomic E-state index is -1.28. The van der Waals surface area contributed by atoms with Gasteiger partial charge in [-0.1, -0.05) is 31.7 Å². The van der Waals surface area contributed by atoms with Crippen LogP contribution < -0.4 is 10.6 Å². The Morgan fingerprint density at radius 3 is 2.67 bits per heavy atom. The maximum absolute atomic E-state index is 13.6. The van der Waals surface area contributed by atoms with Gasteiger partial charge in [-0.05, 0) is 24.5 Å².